The second-order valence-corrected chi connectivity index (χ2v) is 15.9. The van der Waals surface area contributed by atoms with Crippen molar-refractivity contribution in [2.75, 3.05) is 0 Å². The number of rotatable bonds is 3. The average molecular weight is 741 g/mol. The van der Waals surface area contributed by atoms with E-state index >= 15 is 0 Å². The maximum atomic E-state index is 10.9. The zero-order valence-electron chi connectivity index (χ0n) is 31.7. The van der Waals surface area contributed by atoms with Crippen molar-refractivity contribution in [2.24, 2.45) is 0 Å². The van der Waals surface area contributed by atoms with Crippen LogP contribution >= 0.6 is 0 Å². The van der Waals surface area contributed by atoms with Gasteiger partial charge in [-0.1, -0.05) is 111 Å². The first-order chi connectivity index (χ1) is 28.4. The first kappa shape index (κ1) is 32.4. The van der Waals surface area contributed by atoms with Crippen molar-refractivity contribution in [1.29, 1.82) is 10.5 Å². The highest BCUT2D eigenvalue weighted by Gasteiger charge is 2.37. The number of hydrogen-bond donors (Lipinski definition) is 0. The number of benzene rings is 8. The summed E-state index contributed by atoms with van der Waals surface area (Å²) in [5, 5.41) is 28.0. The predicted octanol–water partition coefficient (Wildman–Crippen LogP) is 13.5. The Balaban J connectivity index is 1.10. The molecule has 3 aromatic heterocycles. The summed E-state index contributed by atoms with van der Waals surface area (Å²) in [6, 6.07) is 59.7. The van der Waals surface area contributed by atoms with Crippen molar-refractivity contribution in [1.82, 2.24) is 9.13 Å². The van der Waals surface area contributed by atoms with Crippen LogP contribution in [0.15, 0.2) is 162 Å². The number of furan rings is 1. The average Bonchev–Trinajstić information content (AvgIpc) is 3.98. The molecule has 0 fully saturated rings. The number of nitrogens with zero attached hydrogens (tertiary/aromatic N) is 4. The van der Waals surface area contributed by atoms with E-state index in [0.717, 1.165) is 82.7 Å². The van der Waals surface area contributed by atoms with Crippen molar-refractivity contribution < 1.29 is 4.42 Å². The molecule has 5 heteroatoms. The van der Waals surface area contributed by atoms with Gasteiger partial charge in [-0.2, -0.15) is 10.5 Å². The lowest BCUT2D eigenvalue weighted by atomic mass is 9.82. The van der Waals surface area contributed by atoms with Crippen LogP contribution in [-0.4, -0.2) is 9.13 Å². The lowest BCUT2D eigenvalue weighted by molar-refractivity contribution is 0.661. The van der Waals surface area contributed by atoms with E-state index in [2.05, 4.69) is 138 Å². The summed E-state index contributed by atoms with van der Waals surface area (Å²) >= 11 is 0. The summed E-state index contributed by atoms with van der Waals surface area (Å²) in [6.07, 6.45) is 0. The molecule has 0 radical (unpaired) electrons. The standard InChI is InChI=1S/C53H32N4O/c1-53(2)42-15-7-3-13-40(42)49-43(53)22-20-38-36-11-4-8-16-45(36)56(51(38)49)35-26-31(29-54)25-33(28-35)32-19-23-44(34(27-32)30-55)57-46-17-9-5-12-37(46)39-21-24-48-50(52(39)57)41-14-6-10-18-47(41)58-48/h3-28H,1-2H3. The van der Waals surface area contributed by atoms with E-state index in [-0.39, 0.29) is 5.41 Å². The van der Waals surface area contributed by atoms with Crippen LogP contribution in [-0.2, 0) is 5.41 Å². The lowest BCUT2D eigenvalue weighted by Crippen LogP contribution is -2.14. The fraction of sp³-hybridized carbons (Fsp3) is 0.0566. The molecule has 0 atom stereocenters. The van der Waals surface area contributed by atoms with Gasteiger partial charge in [-0.15, -0.1) is 0 Å². The molecule has 0 saturated carbocycles. The Kier molecular flexibility index (Phi) is 6.47. The van der Waals surface area contributed by atoms with Crippen molar-refractivity contribution in [3.8, 4) is 45.8 Å². The summed E-state index contributed by atoms with van der Waals surface area (Å²) in [6.45, 7) is 4.61. The van der Waals surface area contributed by atoms with Gasteiger partial charge in [0.1, 0.15) is 17.2 Å². The Bertz CT molecular complexity index is 3690. The van der Waals surface area contributed by atoms with E-state index in [4.69, 9.17) is 4.42 Å². The number of hydrogen-bond acceptors (Lipinski definition) is 3. The fourth-order valence-electron chi connectivity index (χ4n) is 10.00. The van der Waals surface area contributed by atoms with Crippen LogP contribution in [0.25, 0.3) is 99.2 Å². The van der Waals surface area contributed by atoms with Crippen molar-refractivity contribution >= 4 is 65.6 Å². The molecule has 58 heavy (non-hydrogen) atoms. The van der Waals surface area contributed by atoms with Gasteiger partial charge in [0.2, 0.25) is 0 Å². The summed E-state index contributed by atoms with van der Waals surface area (Å²) in [7, 11) is 0. The highest BCUT2D eigenvalue weighted by molar-refractivity contribution is 6.24. The smallest absolute Gasteiger partial charge is 0.137 e. The Morgan fingerprint density at radius 1 is 0.517 bits per heavy atom. The number of para-hydroxylation sites is 3. The third-order valence-corrected chi connectivity index (χ3v) is 12.6. The second-order valence-electron chi connectivity index (χ2n) is 15.9. The Hall–Kier alpha value is -7.86. The van der Waals surface area contributed by atoms with E-state index in [1.807, 2.05) is 54.6 Å². The topological polar surface area (TPSA) is 70.6 Å². The van der Waals surface area contributed by atoms with Gasteiger partial charge in [-0.05, 0) is 88.5 Å². The Morgan fingerprint density at radius 3 is 2.00 bits per heavy atom. The van der Waals surface area contributed by atoms with Crippen molar-refractivity contribution in [3.63, 3.8) is 0 Å². The quantitative estimate of drug-likeness (QED) is 0.181. The molecular weight excluding hydrogens is 709 g/mol. The zero-order valence-corrected chi connectivity index (χ0v) is 31.7. The molecule has 11 aromatic rings. The normalized spacial score (nSPS) is 13.1. The summed E-state index contributed by atoms with van der Waals surface area (Å²) in [5.74, 6) is 0. The van der Waals surface area contributed by atoms with Crippen molar-refractivity contribution in [3.05, 3.63) is 180 Å². The lowest BCUT2D eigenvalue weighted by Gasteiger charge is -2.21. The molecule has 0 amide bonds. The van der Waals surface area contributed by atoms with Gasteiger partial charge in [0.25, 0.3) is 0 Å². The third kappa shape index (κ3) is 4.22. The van der Waals surface area contributed by atoms with E-state index < -0.39 is 0 Å². The molecule has 1 aliphatic rings. The maximum absolute atomic E-state index is 10.9. The third-order valence-electron chi connectivity index (χ3n) is 12.6. The fourth-order valence-corrected chi connectivity index (χ4v) is 10.00. The molecule has 0 spiro atoms. The summed E-state index contributed by atoms with van der Waals surface area (Å²) in [4.78, 5) is 0. The van der Waals surface area contributed by atoms with Gasteiger partial charge in [0.15, 0.2) is 0 Å². The van der Waals surface area contributed by atoms with Crippen molar-refractivity contribution in [2.45, 2.75) is 19.3 Å². The highest BCUT2D eigenvalue weighted by atomic mass is 16.3. The molecule has 3 heterocycles. The molecule has 0 unspecified atom stereocenters. The molecule has 0 N–H and O–H groups in total. The van der Waals surface area contributed by atoms with E-state index in [9.17, 15) is 10.5 Å². The molecule has 1 aliphatic carbocycles. The van der Waals surface area contributed by atoms with Crippen LogP contribution in [0.5, 0.6) is 0 Å². The minimum Gasteiger partial charge on any atom is -0.456 e. The van der Waals surface area contributed by atoms with Gasteiger partial charge in [0.05, 0.1) is 50.3 Å². The van der Waals surface area contributed by atoms with Gasteiger partial charge in [-0.25, -0.2) is 0 Å². The number of fused-ring (bicyclic) bond motifs is 14. The second kappa shape index (κ2) is 11.6. The van der Waals surface area contributed by atoms with Gasteiger partial charge in [-0.3, -0.25) is 0 Å². The first-order valence-electron chi connectivity index (χ1n) is 19.5. The van der Waals surface area contributed by atoms with Crippen LogP contribution in [0.3, 0.4) is 0 Å². The SMILES string of the molecule is CC1(C)c2ccccc2-c2c1ccc1c3ccccc3n(-c3cc(C#N)cc(-c4ccc(-n5c6ccccc6c6ccc7oc8ccccc8c7c65)c(C#N)c4)c3)c21. The number of aromatic nitrogens is 2. The minimum absolute atomic E-state index is 0.163. The molecule has 270 valence electrons. The number of nitriles is 2. The van der Waals surface area contributed by atoms with E-state index in [1.54, 1.807) is 0 Å². The molecular formula is C53H32N4O. The van der Waals surface area contributed by atoms with Crippen LogP contribution in [0, 0.1) is 22.7 Å². The predicted molar refractivity (Wildman–Crippen MR) is 235 cm³/mol. The molecule has 8 aromatic carbocycles. The minimum atomic E-state index is -0.163. The first-order valence-corrected chi connectivity index (χ1v) is 19.5. The van der Waals surface area contributed by atoms with Gasteiger partial charge >= 0.3 is 0 Å². The Morgan fingerprint density at radius 2 is 1.21 bits per heavy atom. The van der Waals surface area contributed by atoms with Crippen LogP contribution in [0.2, 0.25) is 0 Å². The summed E-state index contributed by atoms with van der Waals surface area (Å²) < 4.78 is 10.9. The van der Waals surface area contributed by atoms with E-state index in [1.165, 1.54) is 27.6 Å². The molecule has 0 saturated heterocycles. The van der Waals surface area contributed by atoms with E-state index in [0.29, 0.717) is 11.1 Å². The van der Waals surface area contributed by atoms with Crippen LogP contribution in [0.4, 0.5) is 0 Å². The molecule has 0 aliphatic heterocycles. The molecule has 5 nitrogen and oxygen atoms in total. The van der Waals surface area contributed by atoms with Gasteiger partial charge < -0.3 is 13.6 Å². The Labute approximate surface area is 333 Å². The van der Waals surface area contributed by atoms with Crippen LogP contribution in [0.1, 0.15) is 36.1 Å². The highest BCUT2D eigenvalue weighted by Crippen LogP contribution is 2.53. The molecule has 0 bridgehead atoms. The van der Waals surface area contributed by atoms with Gasteiger partial charge in [0, 0.05) is 43.6 Å². The zero-order chi connectivity index (χ0) is 38.9. The monoisotopic (exact) mass is 740 g/mol. The molecule has 12 rings (SSSR count). The van der Waals surface area contributed by atoms with Crippen LogP contribution < -0.4 is 0 Å². The summed E-state index contributed by atoms with van der Waals surface area (Å²) in [5.41, 5.74) is 15.3. The maximum Gasteiger partial charge on any atom is 0.137 e. The largest absolute Gasteiger partial charge is 0.456 e.